The molecule has 1 aliphatic heterocycles. The first-order valence-corrected chi connectivity index (χ1v) is 13.4. The second-order valence-electron chi connectivity index (χ2n) is 8.90. The SMILES string of the molecule is CCN(CC)CCN1C(=O)C(O)=C(C(=O)c2sc(-c3ccccc3)nc2C)C1c1cccc(OC)c1OC. The molecule has 0 aliphatic carbocycles. The van der Waals surface area contributed by atoms with E-state index in [2.05, 4.69) is 23.7 Å². The van der Waals surface area contributed by atoms with Gasteiger partial charge in [-0.25, -0.2) is 4.98 Å². The molecule has 3 aromatic rings. The van der Waals surface area contributed by atoms with Crippen LogP contribution >= 0.6 is 11.3 Å². The number of aliphatic hydroxyl groups is 1. The van der Waals surface area contributed by atoms with Gasteiger partial charge in [-0.15, -0.1) is 11.3 Å². The molecule has 0 spiro atoms. The quantitative estimate of drug-likeness (QED) is 0.343. The number of rotatable bonds is 11. The summed E-state index contributed by atoms with van der Waals surface area (Å²) in [7, 11) is 3.05. The van der Waals surface area contributed by atoms with E-state index in [0.717, 1.165) is 18.7 Å². The Kier molecular flexibility index (Phi) is 8.48. The number of aromatic nitrogens is 1. The topological polar surface area (TPSA) is 92.2 Å². The summed E-state index contributed by atoms with van der Waals surface area (Å²) in [5, 5.41) is 11.8. The van der Waals surface area contributed by atoms with Crippen LogP contribution < -0.4 is 9.47 Å². The Bertz CT molecular complexity index is 1350. The van der Waals surface area contributed by atoms with Crippen LogP contribution in [0.1, 0.15) is 40.8 Å². The van der Waals surface area contributed by atoms with Gasteiger partial charge in [0.1, 0.15) is 5.01 Å². The second kappa shape index (κ2) is 11.8. The third kappa shape index (κ3) is 5.04. The van der Waals surface area contributed by atoms with Gasteiger partial charge in [0, 0.05) is 24.2 Å². The van der Waals surface area contributed by atoms with Crippen molar-refractivity contribution >= 4 is 23.0 Å². The first kappa shape index (κ1) is 27.3. The summed E-state index contributed by atoms with van der Waals surface area (Å²) in [5.41, 5.74) is 2.03. The van der Waals surface area contributed by atoms with Crippen LogP contribution in [0.15, 0.2) is 59.9 Å². The molecule has 1 aromatic heterocycles. The fourth-order valence-electron chi connectivity index (χ4n) is 4.79. The summed E-state index contributed by atoms with van der Waals surface area (Å²) >= 11 is 1.25. The number of hydrogen-bond donors (Lipinski definition) is 1. The Morgan fingerprint density at radius 3 is 2.42 bits per heavy atom. The van der Waals surface area contributed by atoms with Crippen molar-refractivity contribution in [3.63, 3.8) is 0 Å². The van der Waals surface area contributed by atoms with E-state index in [-0.39, 0.29) is 5.57 Å². The van der Waals surface area contributed by atoms with Crippen molar-refractivity contribution < 1.29 is 24.2 Å². The largest absolute Gasteiger partial charge is 0.503 e. The Hall–Kier alpha value is -3.69. The van der Waals surface area contributed by atoms with Crippen LogP contribution in [0, 0.1) is 6.92 Å². The second-order valence-corrected chi connectivity index (χ2v) is 9.90. The number of carbonyl (C=O) groups is 2. The van der Waals surface area contributed by atoms with Crippen molar-refractivity contribution in [1.82, 2.24) is 14.8 Å². The highest BCUT2D eigenvalue weighted by Crippen LogP contribution is 2.46. The van der Waals surface area contributed by atoms with Crippen LogP contribution in [0.25, 0.3) is 10.6 Å². The van der Waals surface area contributed by atoms with Crippen LogP contribution in [0.5, 0.6) is 11.5 Å². The van der Waals surface area contributed by atoms with Crippen molar-refractivity contribution in [2.75, 3.05) is 40.4 Å². The lowest BCUT2D eigenvalue weighted by atomic mass is 9.94. The van der Waals surface area contributed by atoms with E-state index >= 15 is 0 Å². The molecule has 8 nitrogen and oxygen atoms in total. The molecule has 1 amide bonds. The highest BCUT2D eigenvalue weighted by atomic mass is 32.1. The maximum Gasteiger partial charge on any atom is 0.290 e. The Labute approximate surface area is 227 Å². The van der Waals surface area contributed by atoms with Crippen LogP contribution in [-0.2, 0) is 4.79 Å². The molecule has 4 rings (SSSR count). The number of amides is 1. The Morgan fingerprint density at radius 1 is 1.08 bits per heavy atom. The van der Waals surface area contributed by atoms with Crippen LogP contribution in [0.3, 0.4) is 0 Å². The highest BCUT2D eigenvalue weighted by Gasteiger charge is 2.46. The molecule has 0 saturated heterocycles. The maximum absolute atomic E-state index is 14.1. The summed E-state index contributed by atoms with van der Waals surface area (Å²) in [6.45, 7) is 8.43. The zero-order valence-electron chi connectivity index (χ0n) is 22.4. The number of likely N-dealkylation sites (N-methyl/N-ethyl adjacent to an activating group) is 1. The minimum atomic E-state index is -0.850. The zero-order valence-corrected chi connectivity index (χ0v) is 23.2. The van der Waals surface area contributed by atoms with Crippen LogP contribution in [0.4, 0.5) is 0 Å². The maximum atomic E-state index is 14.1. The van der Waals surface area contributed by atoms with Crippen LogP contribution in [0.2, 0.25) is 0 Å². The van der Waals surface area contributed by atoms with E-state index in [1.807, 2.05) is 30.3 Å². The summed E-state index contributed by atoms with van der Waals surface area (Å²) < 4.78 is 11.2. The Balaban J connectivity index is 1.82. The molecule has 0 saturated carbocycles. The molecule has 0 radical (unpaired) electrons. The minimum absolute atomic E-state index is 0.0208. The van der Waals surface area contributed by atoms with Gasteiger partial charge >= 0.3 is 0 Å². The van der Waals surface area contributed by atoms with Crippen LogP contribution in [-0.4, -0.2) is 72.0 Å². The van der Waals surface area contributed by atoms with E-state index in [0.29, 0.717) is 45.7 Å². The van der Waals surface area contributed by atoms with Gasteiger partial charge in [0.2, 0.25) is 5.78 Å². The lowest BCUT2D eigenvalue weighted by Crippen LogP contribution is -2.38. The number of ether oxygens (including phenoxy) is 2. The van der Waals surface area contributed by atoms with Gasteiger partial charge in [-0.1, -0.05) is 56.3 Å². The molecule has 200 valence electrons. The molecule has 0 bridgehead atoms. The number of methoxy groups -OCH3 is 2. The number of aliphatic hydroxyl groups excluding tert-OH is 1. The number of nitrogens with zero attached hydrogens (tertiary/aromatic N) is 3. The standard InChI is InChI=1S/C29H33N3O5S/c1-6-31(7-2)16-17-32-23(20-14-11-15-21(36-4)26(20)37-5)22(25(34)29(32)35)24(33)27-18(3)30-28(38-27)19-12-9-8-10-13-19/h8-15,23,34H,6-7,16-17H2,1-5H3. The van der Waals surface area contributed by atoms with Crippen molar-refractivity contribution in [3.8, 4) is 22.1 Å². The van der Waals surface area contributed by atoms with E-state index in [4.69, 9.17) is 9.47 Å². The fourth-order valence-corrected chi connectivity index (χ4v) is 5.82. The molecule has 1 atom stereocenters. The summed E-state index contributed by atoms with van der Waals surface area (Å²) in [6, 6.07) is 14.1. The molecule has 0 fully saturated rings. The molecular formula is C29H33N3O5S. The molecular weight excluding hydrogens is 502 g/mol. The summed E-state index contributed by atoms with van der Waals surface area (Å²) in [4.78, 5) is 36.3. The molecule has 1 unspecified atom stereocenters. The average molecular weight is 536 g/mol. The Morgan fingerprint density at radius 2 is 1.79 bits per heavy atom. The van der Waals surface area contributed by atoms with Crippen molar-refractivity contribution in [2.45, 2.75) is 26.8 Å². The summed E-state index contributed by atoms with van der Waals surface area (Å²) in [6.07, 6.45) is 0. The molecule has 1 aliphatic rings. The molecule has 9 heteroatoms. The van der Waals surface area contributed by atoms with Crippen molar-refractivity contribution in [3.05, 3.63) is 76.0 Å². The van der Waals surface area contributed by atoms with E-state index in [1.165, 1.54) is 25.6 Å². The number of hydrogen-bond acceptors (Lipinski definition) is 8. The predicted octanol–water partition coefficient (Wildman–Crippen LogP) is 5.06. The van der Waals surface area contributed by atoms with Gasteiger partial charge in [-0.05, 0) is 26.1 Å². The smallest absolute Gasteiger partial charge is 0.290 e. The number of thiazole rings is 1. The van der Waals surface area contributed by atoms with Gasteiger partial charge in [0.05, 0.1) is 36.4 Å². The first-order chi connectivity index (χ1) is 18.4. The lowest BCUT2D eigenvalue weighted by molar-refractivity contribution is -0.129. The molecule has 2 heterocycles. The first-order valence-electron chi connectivity index (χ1n) is 12.6. The number of aryl methyl sites for hydroxylation is 1. The predicted molar refractivity (Wildman–Crippen MR) is 148 cm³/mol. The zero-order chi connectivity index (χ0) is 27.4. The minimum Gasteiger partial charge on any atom is -0.503 e. The lowest BCUT2D eigenvalue weighted by Gasteiger charge is -2.30. The number of ketones is 1. The van der Waals surface area contributed by atoms with Gasteiger partial charge in [-0.3, -0.25) is 9.59 Å². The van der Waals surface area contributed by atoms with E-state index in [9.17, 15) is 14.7 Å². The van der Waals surface area contributed by atoms with E-state index in [1.54, 1.807) is 30.0 Å². The highest BCUT2D eigenvalue weighted by molar-refractivity contribution is 7.17. The van der Waals surface area contributed by atoms with Gasteiger partial charge in [0.15, 0.2) is 17.3 Å². The number of Topliss-reactive ketones (excluding diaryl/α,β-unsaturated/α-hetero) is 1. The number of para-hydroxylation sites is 1. The van der Waals surface area contributed by atoms with Crippen molar-refractivity contribution in [2.24, 2.45) is 0 Å². The average Bonchev–Trinajstić information content (AvgIpc) is 3.45. The van der Waals surface area contributed by atoms with Crippen molar-refractivity contribution in [1.29, 1.82) is 0 Å². The third-order valence-electron chi connectivity index (χ3n) is 6.85. The number of benzene rings is 2. The van der Waals surface area contributed by atoms with Gasteiger partial charge in [-0.2, -0.15) is 0 Å². The van der Waals surface area contributed by atoms with Gasteiger partial charge < -0.3 is 24.4 Å². The monoisotopic (exact) mass is 535 g/mol. The molecule has 2 aromatic carbocycles. The van der Waals surface area contributed by atoms with E-state index < -0.39 is 23.5 Å². The normalized spacial score (nSPS) is 15.5. The number of carbonyl (C=O) groups excluding carboxylic acids is 2. The third-order valence-corrected chi connectivity index (χ3v) is 8.06. The summed E-state index contributed by atoms with van der Waals surface area (Å²) in [5.74, 6) is -0.668. The van der Waals surface area contributed by atoms with Gasteiger partial charge in [0.25, 0.3) is 5.91 Å². The molecule has 1 N–H and O–H groups in total. The molecule has 38 heavy (non-hydrogen) atoms. The fraction of sp³-hybridized carbons (Fsp3) is 0.345.